The fraction of sp³-hybridized carbons (Fsp3) is 0.364. The van der Waals surface area contributed by atoms with E-state index in [0.29, 0.717) is 5.78 Å². The van der Waals surface area contributed by atoms with Crippen LogP contribution in [0.15, 0.2) is 30.3 Å². The van der Waals surface area contributed by atoms with Gasteiger partial charge in [-0.1, -0.05) is 0 Å². The van der Waals surface area contributed by atoms with Crippen LogP contribution in [0.1, 0.15) is 6.92 Å². The van der Waals surface area contributed by atoms with E-state index < -0.39 is 18.4 Å². The van der Waals surface area contributed by atoms with Crippen LogP contribution in [0.2, 0.25) is 14.3 Å². The number of hydrogen-bond acceptors (Lipinski definition) is 1. The molecule has 1 nitrogen and oxygen atoms in total. The van der Waals surface area contributed by atoms with E-state index >= 15 is 0 Å². The van der Waals surface area contributed by atoms with Crippen molar-refractivity contribution in [3.05, 3.63) is 30.3 Å². The fourth-order valence-corrected chi connectivity index (χ4v) is 8.87. The Morgan fingerprint density at radius 1 is 1.23 bits per heavy atom. The molecule has 0 aliphatic heterocycles. The molecule has 0 radical (unpaired) electrons. The average Bonchev–Trinajstić information content (AvgIpc) is 2.04. The van der Waals surface area contributed by atoms with Gasteiger partial charge in [-0.25, -0.2) is 0 Å². The molecule has 0 bridgehead atoms. The Hall–Kier alpha value is -0.311. The number of rotatable bonds is 3. The zero-order chi connectivity index (χ0) is 9.90. The molecule has 0 atom stereocenters. The first-order valence-electron chi connectivity index (χ1n) is 4.57. The molecule has 70 valence electrons. The van der Waals surface area contributed by atoms with Crippen LogP contribution >= 0.6 is 0 Å². The van der Waals surface area contributed by atoms with Crippen molar-refractivity contribution in [2.45, 2.75) is 21.2 Å². The molecule has 0 unspecified atom stereocenters. The Bertz CT molecular complexity index is 290. The molecule has 1 rings (SSSR count). The molecule has 0 spiro atoms. The fourth-order valence-electron chi connectivity index (χ4n) is 1.61. The minimum absolute atomic E-state index is 0.338. The van der Waals surface area contributed by atoms with Crippen molar-refractivity contribution in [1.29, 1.82) is 0 Å². The molecule has 0 fully saturated rings. The van der Waals surface area contributed by atoms with Gasteiger partial charge in [0, 0.05) is 0 Å². The van der Waals surface area contributed by atoms with Gasteiger partial charge in [0.05, 0.1) is 0 Å². The van der Waals surface area contributed by atoms with E-state index in [0.717, 1.165) is 4.44 Å². The number of hydrogen-bond donors (Lipinski definition) is 0. The van der Waals surface area contributed by atoms with Crippen molar-refractivity contribution in [2.24, 2.45) is 0 Å². The normalized spacial score (nSPS) is 11.3. The molecule has 0 saturated carbocycles. The Labute approximate surface area is 84.0 Å². The molecule has 2 heteroatoms. The molecule has 0 aromatic heterocycles. The zero-order valence-electron chi connectivity index (χ0n) is 8.50. The average molecular weight is 283 g/mol. The van der Waals surface area contributed by atoms with Gasteiger partial charge >= 0.3 is 84.1 Å². The van der Waals surface area contributed by atoms with Crippen molar-refractivity contribution in [3.8, 4) is 0 Å². The molecular weight excluding hydrogens is 267 g/mol. The van der Waals surface area contributed by atoms with Crippen LogP contribution in [0.25, 0.3) is 0 Å². The van der Waals surface area contributed by atoms with E-state index in [1.165, 1.54) is 3.58 Å². The van der Waals surface area contributed by atoms with Gasteiger partial charge in [-0.2, -0.15) is 0 Å². The first kappa shape index (κ1) is 10.8. The Morgan fingerprint density at radius 2 is 1.77 bits per heavy atom. The van der Waals surface area contributed by atoms with Crippen molar-refractivity contribution < 1.29 is 4.79 Å². The molecule has 0 amide bonds. The zero-order valence-corrected chi connectivity index (χ0v) is 11.4. The molecule has 0 aliphatic rings. The number of benzene rings is 1. The van der Waals surface area contributed by atoms with Gasteiger partial charge in [0.1, 0.15) is 0 Å². The molecule has 0 N–H and O–H groups in total. The van der Waals surface area contributed by atoms with Crippen LogP contribution in [0.4, 0.5) is 0 Å². The monoisotopic (exact) mass is 284 g/mol. The third kappa shape index (κ3) is 3.14. The van der Waals surface area contributed by atoms with E-state index in [4.69, 9.17) is 0 Å². The third-order valence-corrected chi connectivity index (χ3v) is 11.6. The molecule has 1 aromatic rings. The predicted molar refractivity (Wildman–Crippen MR) is 59.0 cm³/mol. The second-order valence-corrected chi connectivity index (χ2v) is 17.5. The summed E-state index contributed by atoms with van der Waals surface area (Å²) in [4.78, 5) is 15.7. The standard InChI is InChI=1S/C6H5.C3H5O.2CH3.Sn/c1-2-4-6-5-3-1;1-3(2)4;;;/h1-5H;1H2,2H3;2*1H3;. The van der Waals surface area contributed by atoms with Crippen LogP contribution in [0.5, 0.6) is 0 Å². The maximum absolute atomic E-state index is 11.1. The second-order valence-electron chi connectivity index (χ2n) is 4.13. The number of carbonyl (C=O) groups excluding carboxylic acids is 1. The molecule has 0 saturated heterocycles. The Balaban J connectivity index is 2.87. The SMILES string of the molecule is CC(=O)[CH2][Sn]([CH3])([CH3])[c]1ccccc1. The molecule has 0 heterocycles. The van der Waals surface area contributed by atoms with E-state index in [1.54, 1.807) is 6.92 Å². The van der Waals surface area contributed by atoms with Crippen LogP contribution in [-0.4, -0.2) is 24.2 Å². The maximum atomic E-state index is 11.1. The summed E-state index contributed by atoms with van der Waals surface area (Å²) < 4.78 is 2.26. The van der Waals surface area contributed by atoms with Gasteiger partial charge in [-0.15, -0.1) is 0 Å². The summed E-state index contributed by atoms with van der Waals surface area (Å²) in [5, 5.41) is 0. The van der Waals surface area contributed by atoms with Crippen LogP contribution in [0.3, 0.4) is 0 Å². The summed E-state index contributed by atoms with van der Waals surface area (Å²) in [5.41, 5.74) is 0. The van der Waals surface area contributed by atoms with Gasteiger partial charge in [-0.05, 0) is 0 Å². The summed E-state index contributed by atoms with van der Waals surface area (Å²) in [6, 6.07) is 10.5. The minimum atomic E-state index is -2.24. The Morgan fingerprint density at radius 3 is 2.23 bits per heavy atom. The quantitative estimate of drug-likeness (QED) is 0.777. The van der Waals surface area contributed by atoms with Crippen LogP contribution in [-0.2, 0) is 4.79 Å². The van der Waals surface area contributed by atoms with E-state index in [2.05, 4.69) is 34.1 Å². The first-order chi connectivity index (χ1) is 6.02. The topological polar surface area (TPSA) is 17.1 Å². The predicted octanol–water partition coefficient (Wildman–Crippen LogP) is 2.19. The molecule has 13 heavy (non-hydrogen) atoms. The van der Waals surface area contributed by atoms with E-state index in [-0.39, 0.29) is 0 Å². The van der Waals surface area contributed by atoms with Crippen molar-refractivity contribution >= 4 is 27.7 Å². The van der Waals surface area contributed by atoms with Gasteiger partial charge in [0.15, 0.2) is 0 Å². The van der Waals surface area contributed by atoms with Crippen molar-refractivity contribution in [1.82, 2.24) is 0 Å². The van der Waals surface area contributed by atoms with Crippen LogP contribution in [0, 0.1) is 0 Å². The molecular formula is C11H16OSn. The van der Waals surface area contributed by atoms with Crippen molar-refractivity contribution in [3.63, 3.8) is 0 Å². The van der Waals surface area contributed by atoms with E-state index in [1.807, 2.05) is 6.07 Å². The summed E-state index contributed by atoms with van der Waals surface area (Å²) in [6.45, 7) is 1.70. The summed E-state index contributed by atoms with van der Waals surface area (Å²) in [5.74, 6) is 0.338. The summed E-state index contributed by atoms with van der Waals surface area (Å²) in [6.07, 6.45) is 0. The van der Waals surface area contributed by atoms with Crippen molar-refractivity contribution in [2.75, 3.05) is 0 Å². The number of Topliss-reactive ketones (excluding diaryl/α,β-unsaturated/α-hetero) is 1. The van der Waals surface area contributed by atoms with Crippen LogP contribution < -0.4 is 3.58 Å². The molecule has 1 aromatic carbocycles. The third-order valence-electron chi connectivity index (χ3n) is 2.25. The Kier molecular flexibility index (Phi) is 3.54. The van der Waals surface area contributed by atoms with Gasteiger partial charge in [-0.3, -0.25) is 0 Å². The number of ketones is 1. The van der Waals surface area contributed by atoms with Gasteiger partial charge in [0.2, 0.25) is 0 Å². The molecule has 0 aliphatic carbocycles. The van der Waals surface area contributed by atoms with Gasteiger partial charge in [0.25, 0.3) is 0 Å². The number of carbonyl (C=O) groups is 1. The summed E-state index contributed by atoms with van der Waals surface area (Å²) >= 11 is -2.24. The second kappa shape index (κ2) is 4.27. The van der Waals surface area contributed by atoms with Gasteiger partial charge < -0.3 is 0 Å². The van der Waals surface area contributed by atoms with E-state index in [9.17, 15) is 4.79 Å². The first-order valence-corrected chi connectivity index (χ1v) is 13.7. The summed E-state index contributed by atoms with van der Waals surface area (Å²) in [7, 11) is 0.